The second-order valence-electron chi connectivity index (χ2n) is 5.09. The summed E-state index contributed by atoms with van der Waals surface area (Å²) in [6.07, 6.45) is 2.52. The molecule has 18 heavy (non-hydrogen) atoms. The summed E-state index contributed by atoms with van der Waals surface area (Å²) in [4.78, 5) is 3.49. The van der Waals surface area contributed by atoms with E-state index in [2.05, 4.69) is 29.4 Å². The number of hydrogen-bond donors (Lipinski definition) is 2. The number of aromatic nitrogens is 1. The molecule has 1 aliphatic rings. The Morgan fingerprint density at radius 3 is 2.94 bits per heavy atom. The van der Waals surface area contributed by atoms with Crippen LogP contribution in [0.25, 0.3) is 10.9 Å². The van der Waals surface area contributed by atoms with Crippen LogP contribution in [-0.4, -0.2) is 25.2 Å². The van der Waals surface area contributed by atoms with Gasteiger partial charge >= 0.3 is 0 Å². The highest BCUT2D eigenvalue weighted by atomic mass is 16.5. The van der Waals surface area contributed by atoms with Gasteiger partial charge in [-0.1, -0.05) is 6.07 Å². The van der Waals surface area contributed by atoms with Gasteiger partial charge in [-0.25, -0.2) is 0 Å². The van der Waals surface area contributed by atoms with Gasteiger partial charge in [0.2, 0.25) is 0 Å². The van der Waals surface area contributed by atoms with Crippen LogP contribution in [0.1, 0.15) is 30.0 Å². The van der Waals surface area contributed by atoms with E-state index in [1.807, 2.05) is 6.07 Å². The minimum Gasteiger partial charge on any atom is -0.496 e. The lowest BCUT2D eigenvalue weighted by Gasteiger charge is -2.23. The second kappa shape index (κ2) is 4.65. The number of hydrogen-bond acceptors (Lipinski definition) is 2. The molecule has 1 fully saturated rings. The molecule has 2 heterocycles. The molecule has 2 aromatic rings. The van der Waals surface area contributed by atoms with Crippen molar-refractivity contribution in [2.45, 2.75) is 25.7 Å². The lowest BCUT2D eigenvalue weighted by Crippen LogP contribution is -2.28. The average Bonchev–Trinajstić information content (AvgIpc) is 2.75. The SMILES string of the molecule is COc1cccc2[nH]c(C)c(C3CCCNC3)c12. The normalized spacial score (nSPS) is 20.2. The zero-order chi connectivity index (χ0) is 12.5. The number of ether oxygens (including phenoxy) is 1. The quantitative estimate of drug-likeness (QED) is 0.852. The molecular formula is C15H20N2O. The van der Waals surface area contributed by atoms with Crippen molar-refractivity contribution in [2.24, 2.45) is 0 Å². The third-order valence-electron chi connectivity index (χ3n) is 3.95. The van der Waals surface area contributed by atoms with Gasteiger partial charge in [-0.05, 0) is 49.9 Å². The molecule has 0 radical (unpaired) electrons. The fourth-order valence-corrected chi connectivity index (χ4v) is 3.15. The van der Waals surface area contributed by atoms with Crippen LogP contribution in [-0.2, 0) is 0 Å². The van der Waals surface area contributed by atoms with Crippen LogP contribution >= 0.6 is 0 Å². The van der Waals surface area contributed by atoms with Crippen LogP contribution in [0.5, 0.6) is 5.75 Å². The van der Waals surface area contributed by atoms with Crippen molar-refractivity contribution < 1.29 is 4.74 Å². The number of methoxy groups -OCH3 is 1. The average molecular weight is 244 g/mol. The van der Waals surface area contributed by atoms with Crippen molar-refractivity contribution in [1.82, 2.24) is 10.3 Å². The lowest BCUT2D eigenvalue weighted by molar-refractivity contribution is 0.418. The zero-order valence-corrected chi connectivity index (χ0v) is 11.0. The number of H-pyrrole nitrogens is 1. The molecule has 2 N–H and O–H groups in total. The van der Waals surface area contributed by atoms with Crippen LogP contribution in [0.2, 0.25) is 0 Å². The van der Waals surface area contributed by atoms with Crippen molar-refractivity contribution in [3.05, 3.63) is 29.5 Å². The van der Waals surface area contributed by atoms with Gasteiger partial charge in [0.25, 0.3) is 0 Å². The number of aromatic amines is 1. The largest absolute Gasteiger partial charge is 0.496 e. The number of nitrogens with one attached hydrogen (secondary N) is 2. The molecule has 0 saturated carbocycles. The molecule has 1 aromatic carbocycles. The van der Waals surface area contributed by atoms with Crippen molar-refractivity contribution in [1.29, 1.82) is 0 Å². The highest BCUT2D eigenvalue weighted by molar-refractivity contribution is 5.91. The van der Waals surface area contributed by atoms with Gasteiger partial charge in [0.1, 0.15) is 5.75 Å². The Kier molecular flexibility index (Phi) is 3.00. The van der Waals surface area contributed by atoms with E-state index >= 15 is 0 Å². The summed E-state index contributed by atoms with van der Waals surface area (Å²) in [7, 11) is 1.75. The third-order valence-corrected chi connectivity index (χ3v) is 3.95. The highest BCUT2D eigenvalue weighted by Crippen LogP contribution is 2.37. The van der Waals surface area contributed by atoms with Crippen LogP contribution in [0.4, 0.5) is 0 Å². The molecule has 1 atom stereocenters. The van der Waals surface area contributed by atoms with E-state index in [0.717, 1.165) is 18.8 Å². The summed E-state index contributed by atoms with van der Waals surface area (Å²) in [5.41, 5.74) is 3.91. The Labute approximate surface area is 108 Å². The van der Waals surface area contributed by atoms with Crippen molar-refractivity contribution >= 4 is 10.9 Å². The maximum atomic E-state index is 5.53. The fraction of sp³-hybridized carbons (Fsp3) is 0.467. The predicted molar refractivity (Wildman–Crippen MR) is 74.4 cm³/mol. The second-order valence-corrected chi connectivity index (χ2v) is 5.09. The van der Waals surface area contributed by atoms with Gasteiger partial charge < -0.3 is 15.0 Å². The van der Waals surface area contributed by atoms with Gasteiger partial charge in [0.05, 0.1) is 7.11 Å². The van der Waals surface area contributed by atoms with Gasteiger partial charge in [-0.3, -0.25) is 0 Å². The van der Waals surface area contributed by atoms with E-state index in [9.17, 15) is 0 Å². The van der Waals surface area contributed by atoms with Crippen molar-refractivity contribution in [3.63, 3.8) is 0 Å². The monoisotopic (exact) mass is 244 g/mol. The maximum Gasteiger partial charge on any atom is 0.128 e. The Morgan fingerprint density at radius 1 is 1.33 bits per heavy atom. The smallest absolute Gasteiger partial charge is 0.128 e. The number of benzene rings is 1. The molecule has 96 valence electrons. The molecule has 0 bridgehead atoms. The summed E-state index contributed by atoms with van der Waals surface area (Å²) in [6, 6.07) is 6.22. The molecule has 1 unspecified atom stereocenters. The number of piperidine rings is 1. The van der Waals surface area contributed by atoms with E-state index in [4.69, 9.17) is 4.74 Å². The van der Waals surface area contributed by atoms with E-state index in [0.29, 0.717) is 5.92 Å². The summed E-state index contributed by atoms with van der Waals surface area (Å²) < 4.78 is 5.53. The minimum absolute atomic E-state index is 0.601. The summed E-state index contributed by atoms with van der Waals surface area (Å²) in [5.74, 6) is 1.58. The van der Waals surface area contributed by atoms with Crippen molar-refractivity contribution in [2.75, 3.05) is 20.2 Å². The number of aryl methyl sites for hydroxylation is 1. The first kappa shape index (κ1) is 11.6. The van der Waals surface area contributed by atoms with Gasteiger partial charge in [-0.15, -0.1) is 0 Å². The number of rotatable bonds is 2. The van der Waals surface area contributed by atoms with Gasteiger partial charge in [0.15, 0.2) is 0 Å². The van der Waals surface area contributed by atoms with E-state index in [1.54, 1.807) is 7.11 Å². The Hall–Kier alpha value is -1.48. The molecule has 3 heteroatoms. The molecular weight excluding hydrogens is 224 g/mol. The molecule has 1 aromatic heterocycles. The Morgan fingerprint density at radius 2 is 2.22 bits per heavy atom. The predicted octanol–water partition coefficient (Wildman–Crippen LogP) is 2.95. The van der Waals surface area contributed by atoms with Crippen LogP contribution in [0, 0.1) is 6.92 Å². The molecule has 3 nitrogen and oxygen atoms in total. The molecule has 0 amide bonds. The molecule has 0 aliphatic carbocycles. The number of fused-ring (bicyclic) bond motifs is 1. The van der Waals surface area contributed by atoms with Gasteiger partial charge in [-0.2, -0.15) is 0 Å². The topological polar surface area (TPSA) is 37.0 Å². The standard InChI is InChI=1S/C15H20N2O/c1-10-14(11-5-4-8-16-9-11)15-12(17-10)6-3-7-13(15)18-2/h3,6-7,11,16-17H,4-5,8-9H2,1-2H3. The fourth-order valence-electron chi connectivity index (χ4n) is 3.15. The lowest BCUT2D eigenvalue weighted by atomic mass is 9.89. The minimum atomic E-state index is 0.601. The summed E-state index contributed by atoms with van der Waals surface area (Å²) in [5, 5.41) is 4.77. The van der Waals surface area contributed by atoms with Crippen LogP contribution < -0.4 is 10.1 Å². The molecule has 0 spiro atoms. The first-order valence-electron chi connectivity index (χ1n) is 6.67. The molecule has 1 aliphatic heterocycles. The first-order valence-corrected chi connectivity index (χ1v) is 6.67. The van der Waals surface area contributed by atoms with E-state index < -0.39 is 0 Å². The zero-order valence-electron chi connectivity index (χ0n) is 11.0. The van der Waals surface area contributed by atoms with Crippen molar-refractivity contribution in [3.8, 4) is 5.75 Å². The van der Waals surface area contributed by atoms with Gasteiger partial charge in [0, 0.05) is 23.1 Å². The van der Waals surface area contributed by atoms with E-state index in [1.165, 1.54) is 35.0 Å². The Balaban J connectivity index is 2.17. The van der Waals surface area contributed by atoms with Crippen LogP contribution in [0.15, 0.2) is 18.2 Å². The van der Waals surface area contributed by atoms with E-state index in [-0.39, 0.29) is 0 Å². The van der Waals surface area contributed by atoms with Crippen LogP contribution in [0.3, 0.4) is 0 Å². The summed E-state index contributed by atoms with van der Waals surface area (Å²) in [6.45, 7) is 4.39. The maximum absolute atomic E-state index is 5.53. The first-order chi connectivity index (χ1) is 8.81. The summed E-state index contributed by atoms with van der Waals surface area (Å²) >= 11 is 0. The molecule has 1 saturated heterocycles. The Bertz CT molecular complexity index is 553. The molecule has 3 rings (SSSR count). The third kappa shape index (κ3) is 1.79. The highest BCUT2D eigenvalue weighted by Gasteiger charge is 2.22.